The third-order valence-corrected chi connectivity index (χ3v) is 3.04. The lowest BCUT2D eigenvalue weighted by Crippen LogP contribution is -2.13. The molecule has 102 valence electrons. The van der Waals surface area contributed by atoms with Crippen molar-refractivity contribution in [1.29, 1.82) is 0 Å². The van der Waals surface area contributed by atoms with E-state index in [0.717, 1.165) is 17.8 Å². The lowest BCUT2D eigenvalue weighted by Gasteiger charge is -2.11. The van der Waals surface area contributed by atoms with Crippen molar-refractivity contribution < 1.29 is 4.52 Å². The first-order chi connectivity index (χ1) is 8.97. The fraction of sp³-hybridized carbons (Fsp3) is 0.467. The second-order valence-electron chi connectivity index (χ2n) is 5.82. The van der Waals surface area contributed by atoms with Crippen molar-refractivity contribution >= 4 is 0 Å². The van der Waals surface area contributed by atoms with Gasteiger partial charge < -0.3 is 10.3 Å². The molecule has 0 spiro atoms. The second kappa shape index (κ2) is 5.53. The molecule has 1 unspecified atom stereocenters. The zero-order valence-electron chi connectivity index (χ0n) is 11.8. The summed E-state index contributed by atoms with van der Waals surface area (Å²) < 4.78 is 5.26. The monoisotopic (exact) mass is 259 g/mol. The Morgan fingerprint density at radius 2 is 1.89 bits per heavy atom. The highest BCUT2D eigenvalue weighted by molar-refractivity contribution is 5.18. The van der Waals surface area contributed by atoms with E-state index in [-0.39, 0.29) is 11.5 Å². The number of aryl methyl sites for hydroxylation is 1. The molecule has 1 heterocycles. The Bertz CT molecular complexity index is 514. The Kier molecular flexibility index (Phi) is 4.00. The fourth-order valence-electron chi connectivity index (χ4n) is 1.81. The predicted octanol–water partition coefficient (Wildman–Crippen LogP) is 3.00. The van der Waals surface area contributed by atoms with E-state index in [1.165, 1.54) is 0 Å². The Morgan fingerprint density at radius 3 is 2.47 bits per heavy atom. The fourth-order valence-corrected chi connectivity index (χ4v) is 1.81. The SMILES string of the molecule is CC(C)(C)c1noc(CCC(N)c2ccccc2)n1. The average molecular weight is 259 g/mol. The molecule has 2 aromatic rings. The lowest BCUT2D eigenvalue weighted by atomic mass is 9.96. The Hall–Kier alpha value is -1.68. The molecule has 4 heteroatoms. The number of hydrogen-bond donors (Lipinski definition) is 1. The third-order valence-electron chi connectivity index (χ3n) is 3.04. The highest BCUT2D eigenvalue weighted by atomic mass is 16.5. The van der Waals surface area contributed by atoms with Crippen LogP contribution < -0.4 is 5.73 Å². The molecule has 0 amide bonds. The molecule has 0 bridgehead atoms. The molecule has 0 saturated carbocycles. The Morgan fingerprint density at radius 1 is 1.21 bits per heavy atom. The van der Waals surface area contributed by atoms with Crippen LogP contribution in [0.25, 0.3) is 0 Å². The molecule has 0 aliphatic carbocycles. The molecule has 2 rings (SSSR count). The van der Waals surface area contributed by atoms with Gasteiger partial charge in [0.05, 0.1) is 0 Å². The van der Waals surface area contributed by atoms with Crippen molar-refractivity contribution in [3.05, 3.63) is 47.6 Å². The van der Waals surface area contributed by atoms with E-state index in [1.807, 2.05) is 30.3 Å². The number of rotatable bonds is 4. The lowest BCUT2D eigenvalue weighted by molar-refractivity contribution is 0.357. The van der Waals surface area contributed by atoms with Crippen LogP contribution in [-0.2, 0) is 11.8 Å². The minimum absolute atomic E-state index is 0.00573. The summed E-state index contributed by atoms with van der Waals surface area (Å²) in [5.41, 5.74) is 7.20. The van der Waals surface area contributed by atoms with Crippen LogP contribution in [0, 0.1) is 0 Å². The minimum atomic E-state index is -0.0801. The minimum Gasteiger partial charge on any atom is -0.339 e. The van der Waals surface area contributed by atoms with Crippen LogP contribution in [0.15, 0.2) is 34.9 Å². The second-order valence-corrected chi connectivity index (χ2v) is 5.82. The van der Waals surface area contributed by atoms with Crippen molar-refractivity contribution in [2.24, 2.45) is 5.73 Å². The molecule has 0 saturated heterocycles. The molecule has 0 radical (unpaired) electrons. The first-order valence-electron chi connectivity index (χ1n) is 6.60. The predicted molar refractivity (Wildman–Crippen MR) is 74.7 cm³/mol. The summed E-state index contributed by atoms with van der Waals surface area (Å²) in [5.74, 6) is 1.41. The van der Waals surface area contributed by atoms with E-state index in [0.29, 0.717) is 12.3 Å². The van der Waals surface area contributed by atoms with Gasteiger partial charge in [0.2, 0.25) is 5.89 Å². The zero-order chi connectivity index (χ0) is 13.9. The van der Waals surface area contributed by atoms with Crippen LogP contribution in [-0.4, -0.2) is 10.1 Å². The van der Waals surface area contributed by atoms with Crippen molar-refractivity contribution in [1.82, 2.24) is 10.1 Å². The zero-order valence-corrected chi connectivity index (χ0v) is 11.8. The molecule has 0 fully saturated rings. The summed E-state index contributed by atoms with van der Waals surface area (Å²) in [6, 6.07) is 10.1. The highest BCUT2D eigenvalue weighted by Gasteiger charge is 2.21. The summed E-state index contributed by atoms with van der Waals surface area (Å²) >= 11 is 0. The van der Waals surface area contributed by atoms with Gasteiger partial charge in [-0.2, -0.15) is 4.98 Å². The van der Waals surface area contributed by atoms with Gasteiger partial charge in [-0.1, -0.05) is 56.3 Å². The van der Waals surface area contributed by atoms with Gasteiger partial charge in [0.1, 0.15) is 0 Å². The molecular weight excluding hydrogens is 238 g/mol. The Balaban J connectivity index is 1.94. The standard InChI is InChI=1S/C15H21N3O/c1-15(2,3)14-17-13(19-18-14)10-9-12(16)11-7-5-4-6-8-11/h4-8,12H,9-10,16H2,1-3H3. The molecule has 2 N–H and O–H groups in total. The van der Waals surface area contributed by atoms with E-state index in [2.05, 4.69) is 30.9 Å². The maximum Gasteiger partial charge on any atom is 0.226 e. The summed E-state index contributed by atoms with van der Waals surface area (Å²) in [4.78, 5) is 4.41. The molecule has 1 aromatic heterocycles. The van der Waals surface area contributed by atoms with Crippen molar-refractivity contribution in [2.75, 3.05) is 0 Å². The summed E-state index contributed by atoms with van der Waals surface area (Å²) in [6.07, 6.45) is 1.51. The number of nitrogens with two attached hydrogens (primary N) is 1. The molecule has 1 aromatic carbocycles. The third kappa shape index (κ3) is 3.64. The van der Waals surface area contributed by atoms with Gasteiger partial charge in [-0.05, 0) is 12.0 Å². The number of benzene rings is 1. The van der Waals surface area contributed by atoms with Gasteiger partial charge in [0.25, 0.3) is 0 Å². The quantitative estimate of drug-likeness (QED) is 0.916. The van der Waals surface area contributed by atoms with E-state index in [1.54, 1.807) is 0 Å². The van der Waals surface area contributed by atoms with Crippen LogP contribution in [0.4, 0.5) is 0 Å². The molecular formula is C15H21N3O. The molecule has 19 heavy (non-hydrogen) atoms. The number of nitrogens with zero attached hydrogens (tertiary/aromatic N) is 2. The van der Waals surface area contributed by atoms with Gasteiger partial charge >= 0.3 is 0 Å². The smallest absolute Gasteiger partial charge is 0.226 e. The van der Waals surface area contributed by atoms with E-state index >= 15 is 0 Å². The maximum atomic E-state index is 6.15. The van der Waals surface area contributed by atoms with Gasteiger partial charge in [-0.25, -0.2) is 0 Å². The van der Waals surface area contributed by atoms with Crippen LogP contribution in [0.1, 0.15) is 50.5 Å². The van der Waals surface area contributed by atoms with Gasteiger partial charge in [-0.3, -0.25) is 0 Å². The maximum absolute atomic E-state index is 6.15. The highest BCUT2D eigenvalue weighted by Crippen LogP contribution is 2.20. The van der Waals surface area contributed by atoms with E-state index < -0.39 is 0 Å². The molecule has 1 atom stereocenters. The van der Waals surface area contributed by atoms with E-state index in [4.69, 9.17) is 10.3 Å². The first kappa shape index (κ1) is 13.7. The van der Waals surface area contributed by atoms with Crippen LogP contribution in [0.3, 0.4) is 0 Å². The largest absolute Gasteiger partial charge is 0.339 e. The normalized spacial score (nSPS) is 13.5. The first-order valence-corrected chi connectivity index (χ1v) is 6.60. The van der Waals surface area contributed by atoms with Crippen LogP contribution in [0.5, 0.6) is 0 Å². The average Bonchev–Trinajstić information content (AvgIpc) is 2.86. The van der Waals surface area contributed by atoms with Crippen molar-refractivity contribution in [3.63, 3.8) is 0 Å². The summed E-state index contributed by atoms with van der Waals surface area (Å²) in [6.45, 7) is 6.20. The van der Waals surface area contributed by atoms with Crippen molar-refractivity contribution in [3.8, 4) is 0 Å². The van der Waals surface area contributed by atoms with Gasteiger partial charge in [0.15, 0.2) is 5.82 Å². The summed E-state index contributed by atoms with van der Waals surface area (Å²) in [5, 5.41) is 4.01. The van der Waals surface area contributed by atoms with Gasteiger partial charge in [0, 0.05) is 17.9 Å². The van der Waals surface area contributed by atoms with Crippen LogP contribution >= 0.6 is 0 Å². The van der Waals surface area contributed by atoms with Gasteiger partial charge in [-0.15, -0.1) is 0 Å². The number of hydrogen-bond acceptors (Lipinski definition) is 4. The summed E-state index contributed by atoms with van der Waals surface area (Å²) in [7, 11) is 0. The van der Waals surface area contributed by atoms with E-state index in [9.17, 15) is 0 Å². The number of aromatic nitrogens is 2. The molecule has 0 aliphatic rings. The molecule has 4 nitrogen and oxygen atoms in total. The topological polar surface area (TPSA) is 64.9 Å². The molecule has 0 aliphatic heterocycles. The van der Waals surface area contributed by atoms with Crippen molar-refractivity contribution in [2.45, 2.75) is 45.1 Å². The van der Waals surface area contributed by atoms with Crippen LogP contribution in [0.2, 0.25) is 0 Å². The Labute approximate surface area is 114 Å².